The Morgan fingerprint density at radius 2 is 0.733 bits per heavy atom. The van der Waals surface area contributed by atoms with E-state index in [9.17, 15) is 16.8 Å². The predicted molar refractivity (Wildman–Crippen MR) is 109 cm³/mol. The van der Waals surface area contributed by atoms with E-state index in [-0.39, 0.29) is 29.6 Å². The third-order valence-corrected chi connectivity index (χ3v) is 12.2. The third-order valence-electron chi connectivity index (χ3n) is 9.00. The normalized spacial score (nSPS) is 48.7. The van der Waals surface area contributed by atoms with E-state index in [1.54, 1.807) is 0 Å². The zero-order valence-electron chi connectivity index (χ0n) is 17.9. The summed E-state index contributed by atoms with van der Waals surface area (Å²) in [6.07, 6.45) is 12.3. The van der Waals surface area contributed by atoms with Crippen LogP contribution in [0, 0.1) is 35.5 Å². The Morgan fingerprint density at radius 3 is 0.967 bits per heavy atom. The molecule has 0 aliphatic heterocycles. The van der Waals surface area contributed by atoms with Crippen LogP contribution in [-0.2, 0) is 20.4 Å². The summed E-state index contributed by atoms with van der Waals surface area (Å²) in [4.78, 5) is 0. The maximum Gasteiger partial charge on any atom is 1.00 e. The fourth-order valence-electron chi connectivity index (χ4n) is 9.23. The van der Waals surface area contributed by atoms with Crippen LogP contribution in [-0.4, -0.2) is 27.9 Å². The van der Waals surface area contributed by atoms with Crippen molar-refractivity contribution in [2.75, 3.05) is 0 Å². The molecule has 30 heavy (non-hydrogen) atoms. The molecule has 8 saturated carbocycles. The summed E-state index contributed by atoms with van der Waals surface area (Å²) in [7, 11) is -8.27. The van der Waals surface area contributed by atoms with Crippen LogP contribution in [0.15, 0.2) is 0 Å². The standard InChI is InChI=1S/C20H33N3O4S2.Na/c24-28(25,21-19-7-13-1-14(8-19)3-15(2-13)9-19)23-29(26,27)22-20-10-16-4-17(11-20)6-18(5-16)12-20;/h13-18,21-23H,1-12H2;/q;+1. The summed E-state index contributed by atoms with van der Waals surface area (Å²) >= 11 is 0. The van der Waals surface area contributed by atoms with E-state index in [1.165, 1.54) is 38.5 Å². The zero-order chi connectivity index (χ0) is 20.1. The topological polar surface area (TPSA) is 104 Å². The Hall–Kier alpha value is 0.780. The van der Waals surface area contributed by atoms with Crippen molar-refractivity contribution < 1.29 is 46.4 Å². The average molecular weight is 467 g/mol. The maximum atomic E-state index is 12.9. The summed E-state index contributed by atoms with van der Waals surface area (Å²) in [5.74, 6) is 3.53. The monoisotopic (exact) mass is 466 g/mol. The second-order valence-corrected chi connectivity index (χ2v) is 14.8. The molecule has 8 bridgehead atoms. The SMILES string of the molecule is O=S(=O)(NC12CC3CC(CC(C3)C1)C2)NS(=O)(=O)NC12CC3CC(CC(C3)C1)C2.[Na+]. The fraction of sp³-hybridized carbons (Fsp3) is 1.00. The molecule has 0 amide bonds. The summed E-state index contributed by atoms with van der Waals surface area (Å²) in [6, 6.07) is 0. The molecule has 8 rings (SSSR count). The Balaban J connectivity index is 0.00000193. The van der Waals surface area contributed by atoms with Crippen LogP contribution in [0.5, 0.6) is 0 Å². The fourth-order valence-corrected chi connectivity index (χ4v) is 12.4. The summed E-state index contributed by atoms with van der Waals surface area (Å²) in [5.41, 5.74) is -0.895. The van der Waals surface area contributed by atoms with Crippen LogP contribution < -0.4 is 43.1 Å². The molecule has 8 aliphatic rings. The molecule has 10 heteroatoms. The van der Waals surface area contributed by atoms with Gasteiger partial charge in [0.1, 0.15) is 0 Å². The summed E-state index contributed by atoms with van der Waals surface area (Å²) in [5, 5.41) is 0. The number of hydrogen-bond donors (Lipinski definition) is 3. The molecule has 8 fully saturated rings. The van der Waals surface area contributed by atoms with E-state index in [0.29, 0.717) is 35.5 Å². The van der Waals surface area contributed by atoms with Gasteiger partial charge in [0.05, 0.1) is 0 Å². The minimum Gasteiger partial charge on any atom is -0.195 e. The molecule has 0 atom stereocenters. The third kappa shape index (κ3) is 4.19. The largest absolute Gasteiger partial charge is 1.00 e. The smallest absolute Gasteiger partial charge is 0.195 e. The van der Waals surface area contributed by atoms with E-state index in [4.69, 9.17) is 0 Å². The van der Waals surface area contributed by atoms with Gasteiger partial charge in [-0.2, -0.15) is 26.3 Å². The van der Waals surface area contributed by atoms with Crippen molar-refractivity contribution in [2.24, 2.45) is 35.5 Å². The van der Waals surface area contributed by atoms with Crippen molar-refractivity contribution in [3.8, 4) is 0 Å². The van der Waals surface area contributed by atoms with Crippen molar-refractivity contribution in [2.45, 2.75) is 88.1 Å². The molecule has 0 radical (unpaired) electrons. The van der Waals surface area contributed by atoms with E-state index in [1.807, 2.05) is 4.13 Å². The molecule has 0 aromatic carbocycles. The second-order valence-electron chi connectivity index (χ2n) is 11.7. The van der Waals surface area contributed by atoms with Gasteiger partial charge >= 0.3 is 29.6 Å². The van der Waals surface area contributed by atoms with Gasteiger partial charge in [0.2, 0.25) is 0 Å². The van der Waals surface area contributed by atoms with Crippen molar-refractivity contribution in [3.05, 3.63) is 0 Å². The first kappa shape index (κ1) is 22.6. The van der Waals surface area contributed by atoms with Crippen LogP contribution in [0.4, 0.5) is 0 Å². The minimum atomic E-state index is -4.14. The van der Waals surface area contributed by atoms with Gasteiger partial charge in [0, 0.05) is 11.1 Å². The molecule has 0 saturated heterocycles. The van der Waals surface area contributed by atoms with Gasteiger partial charge in [-0.05, 0) is 113 Å². The molecule has 8 aliphatic carbocycles. The van der Waals surface area contributed by atoms with Crippen molar-refractivity contribution in [3.63, 3.8) is 0 Å². The summed E-state index contributed by atoms with van der Waals surface area (Å²) in [6.45, 7) is 0. The first-order valence-electron chi connectivity index (χ1n) is 11.5. The van der Waals surface area contributed by atoms with Gasteiger partial charge in [-0.15, -0.1) is 0 Å². The quantitative estimate of drug-likeness (QED) is 0.445. The van der Waals surface area contributed by atoms with Gasteiger partial charge in [-0.1, -0.05) is 4.13 Å². The van der Waals surface area contributed by atoms with Crippen LogP contribution >= 0.6 is 0 Å². The zero-order valence-corrected chi connectivity index (χ0v) is 21.5. The van der Waals surface area contributed by atoms with Gasteiger partial charge in [0.25, 0.3) is 20.4 Å². The maximum absolute atomic E-state index is 12.9. The number of rotatable bonds is 6. The molecule has 0 heterocycles. The molecular formula is C20H33N3NaO4S2+. The first-order chi connectivity index (χ1) is 13.6. The Bertz CT molecular complexity index is 776. The Morgan fingerprint density at radius 1 is 0.500 bits per heavy atom. The molecular weight excluding hydrogens is 433 g/mol. The van der Waals surface area contributed by atoms with Crippen molar-refractivity contribution in [1.82, 2.24) is 13.6 Å². The minimum absolute atomic E-state index is 0. The molecule has 0 unspecified atom stereocenters. The number of hydrogen-bond acceptors (Lipinski definition) is 4. The first-order valence-corrected chi connectivity index (χ1v) is 14.4. The predicted octanol–water partition coefficient (Wildman–Crippen LogP) is -0.814. The van der Waals surface area contributed by atoms with Crippen LogP contribution in [0.1, 0.15) is 77.0 Å². The van der Waals surface area contributed by atoms with Gasteiger partial charge < -0.3 is 0 Å². The Labute approximate surface area is 202 Å². The molecule has 0 spiro atoms. The van der Waals surface area contributed by atoms with Crippen LogP contribution in [0.2, 0.25) is 0 Å². The van der Waals surface area contributed by atoms with Gasteiger partial charge in [-0.3, -0.25) is 0 Å². The second kappa shape index (κ2) is 7.39. The molecule has 0 aromatic rings. The molecule has 7 nitrogen and oxygen atoms in total. The van der Waals surface area contributed by atoms with Gasteiger partial charge in [0.15, 0.2) is 0 Å². The van der Waals surface area contributed by atoms with Crippen LogP contribution in [0.25, 0.3) is 0 Å². The Kier molecular flexibility index (Phi) is 5.56. The van der Waals surface area contributed by atoms with Crippen LogP contribution in [0.3, 0.4) is 0 Å². The van der Waals surface area contributed by atoms with E-state index in [0.717, 1.165) is 38.5 Å². The number of nitrogens with one attached hydrogen (secondary N) is 3. The average Bonchev–Trinajstić information content (AvgIpc) is 2.47. The van der Waals surface area contributed by atoms with E-state index >= 15 is 0 Å². The molecule has 3 N–H and O–H groups in total. The summed E-state index contributed by atoms with van der Waals surface area (Å²) < 4.78 is 59.1. The molecule has 164 valence electrons. The van der Waals surface area contributed by atoms with Gasteiger partial charge in [-0.25, -0.2) is 0 Å². The van der Waals surface area contributed by atoms with E-state index < -0.39 is 31.5 Å². The van der Waals surface area contributed by atoms with Crippen molar-refractivity contribution in [1.29, 1.82) is 0 Å². The van der Waals surface area contributed by atoms with Crippen molar-refractivity contribution >= 4 is 20.4 Å². The molecule has 0 aromatic heterocycles. The van der Waals surface area contributed by atoms with E-state index in [2.05, 4.69) is 9.44 Å².